The molecule has 0 radical (unpaired) electrons. The van der Waals surface area contributed by atoms with Gasteiger partial charge >= 0.3 is 6.03 Å². The summed E-state index contributed by atoms with van der Waals surface area (Å²) < 4.78 is 5.69. The molecular weight excluding hydrogens is 282 g/mol. The Morgan fingerprint density at radius 3 is 3.05 bits per heavy atom. The minimum atomic E-state index is -0.368. The highest BCUT2D eigenvalue weighted by Crippen LogP contribution is 2.40. The number of aliphatic hydroxyl groups excluding tert-OH is 1. The summed E-state index contributed by atoms with van der Waals surface area (Å²) in [6, 6.07) is 5.15. The number of aromatic nitrogens is 1. The standard InChI is InChI=1S/C16H21N3O3/c1-2-12(20)7-8-17-16(21)18-11-5-6-14-13(9-11)19-15(22-14)10-3-4-10/h5-6,9-10,12,20H,2-4,7-8H2,1H3,(H2,17,18,21). The minimum Gasteiger partial charge on any atom is -0.440 e. The van der Waals surface area contributed by atoms with Crippen LogP contribution in [0.5, 0.6) is 0 Å². The van der Waals surface area contributed by atoms with E-state index in [0.717, 1.165) is 29.8 Å². The van der Waals surface area contributed by atoms with Crippen molar-refractivity contribution in [3.8, 4) is 0 Å². The van der Waals surface area contributed by atoms with Gasteiger partial charge in [-0.3, -0.25) is 0 Å². The summed E-state index contributed by atoms with van der Waals surface area (Å²) in [5, 5.41) is 14.9. The van der Waals surface area contributed by atoms with Gasteiger partial charge in [0, 0.05) is 18.2 Å². The van der Waals surface area contributed by atoms with Crippen molar-refractivity contribution in [2.45, 2.75) is 44.6 Å². The van der Waals surface area contributed by atoms with E-state index in [0.29, 0.717) is 31.0 Å². The fraction of sp³-hybridized carbons (Fsp3) is 0.500. The number of urea groups is 1. The lowest BCUT2D eigenvalue weighted by Gasteiger charge is -2.09. The predicted molar refractivity (Wildman–Crippen MR) is 83.9 cm³/mol. The summed E-state index contributed by atoms with van der Waals surface area (Å²) in [7, 11) is 0. The number of benzene rings is 1. The molecule has 0 bridgehead atoms. The summed E-state index contributed by atoms with van der Waals surface area (Å²) in [4.78, 5) is 16.3. The largest absolute Gasteiger partial charge is 0.440 e. The summed E-state index contributed by atoms with van der Waals surface area (Å²) in [5.41, 5.74) is 2.19. The molecule has 3 N–H and O–H groups in total. The number of nitrogens with zero attached hydrogens (tertiary/aromatic N) is 1. The number of hydrogen-bond acceptors (Lipinski definition) is 4. The van der Waals surface area contributed by atoms with Crippen LogP contribution in [0, 0.1) is 0 Å². The Morgan fingerprint density at radius 2 is 2.32 bits per heavy atom. The smallest absolute Gasteiger partial charge is 0.319 e. The van der Waals surface area contributed by atoms with Crippen LogP contribution in [0.4, 0.5) is 10.5 Å². The molecule has 1 saturated carbocycles. The number of carbonyl (C=O) groups excluding carboxylic acids is 1. The molecule has 1 aromatic carbocycles. The Balaban J connectivity index is 1.57. The van der Waals surface area contributed by atoms with E-state index in [1.807, 2.05) is 19.1 Å². The van der Waals surface area contributed by atoms with Crippen LogP contribution >= 0.6 is 0 Å². The molecule has 118 valence electrons. The first-order valence-corrected chi connectivity index (χ1v) is 7.79. The van der Waals surface area contributed by atoms with Crippen LogP contribution in [-0.2, 0) is 0 Å². The minimum absolute atomic E-state index is 0.284. The SMILES string of the molecule is CCC(O)CCNC(=O)Nc1ccc2oc(C3CC3)nc2c1. The van der Waals surface area contributed by atoms with E-state index >= 15 is 0 Å². The predicted octanol–water partition coefficient (Wildman–Crippen LogP) is 2.99. The zero-order valence-electron chi connectivity index (χ0n) is 12.6. The highest BCUT2D eigenvalue weighted by Gasteiger charge is 2.28. The second-order valence-electron chi connectivity index (χ2n) is 5.74. The molecule has 6 nitrogen and oxygen atoms in total. The maximum atomic E-state index is 11.8. The van der Waals surface area contributed by atoms with Gasteiger partial charge < -0.3 is 20.2 Å². The van der Waals surface area contributed by atoms with Crippen LogP contribution < -0.4 is 10.6 Å². The molecule has 0 spiro atoms. The first-order chi connectivity index (χ1) is 10.7. The third-order valence-electron chi connectivity index (χ3n) is 3.82. The fourth-order valence-electron chi connectivity index (χ4n) is 2.26. The number of fused-ring (bicyclic) bond motifs is 1. The fourth-order valence-corrected chi connectivity index (χ4v) is 2.26. The molecule has 1 unspecified atom stereocenters. The number of anilines is 1. The average Bonchev–Trinajstić information content (AvgIpc) is 3.27. The van der Waals surface area contributed by atoms with Gasteiger partial charge in [0.1, 0.15) is 5.52 Å². The van der Waals surface area contributed by atoms with E-state index in [1.54, 1.807) is 6.07 Å². The van der Waals surface area contributed by atoms with Crippen LogP contribution in [0.2, 0.25) is 0 Å². The molecule has 0 aliphatic heterocycles. The molecule has 1 aliphatic rings. The zero-order chi connectivity index (χ0) is 15.5. The van der Waals surface area contributed by atoms with Gasteiger partial charge in [-0.2, -0.15) is 0 Å². The van der Waals surface area contributed by atoms with E-state index in [1.165, 1.54) is 0 Å². The molecule has 1 aliphatic carbocycles. The summed E-state index contributed by atoms with van der Waals surface area (Å²) >= 11 is 0. The molecule has 1 aromatic heterocycles. The van der Waals surface area contributed by atoms with Gasteiger partial charge in [-0.15, -0.1) is 0 Å². The molecular formula is C16H21N3O3. The average molecular weight is 303 g/mol. The number of aliphatic hydroxyl groups is 1. The van der Waals surface area contributed by atoms with E-state index in [4.69, 9.17) is 4.42 Å². The Morgan fingerprint density at radius 1 is 1.50 bits per heavy atom. The maximum Gasteiger partial charge on any atom is 0.319 e. The molecule has 22 heavy (non-hydrogen) atoms. The van der Waals surface area contributed by atoms with Gasteiger partial charge in [0.15, 0.2) is 11.5 Å². The van der Waals surface area contributed by atoms with Crippen molar-refractivity contribution >= 4 is 22.8 Å². The highest BCUT2D eigenvalue weighted by molar-refractivity contribution is 5.91. The molecule has 0 saturated heterocycles. The first-order valence-electron chi connectivity index (χ1n) is 7.79. The van der Waals surface area contributed by atoms with E-state index in [-0.39, 0.29) is 12.1 Å². The third kappa shape index (κ3) is 3.57. The van der Waals surface area contributed by atoms with Crippen molar-refractivity contribution in [1.82, 2.24) is 10.3 Å². The Labute approximate surface area is 128 Å². The summed E-state index contributed by atoms with van der Waals surface area (Å²) in [5.74, 6) is 1.27. The van der Waals surface area contributed by atoms with Gasteiger partial charge in [-0.25, -0.2) is 9.78 Å². The van der Waals surface area contributed by atoms with Crippen molar-refractivity contribution in [3.63, 3.8) is 0 Å². The lowest BCUT2D eigenvalue weighted by molar-refractivity contribution is 0.160. The molecule has 1 fully saturated rings. The maximum absolute atomic E-state index is 11.8. The summed E-state index contributed by atoms with van der Waals surface area (Å²) in [6.07, 6.45) is 3.16. The normalized spacial score (nSPS) is 15.7. The third-order valence-corrected chi connectivity index (χ3v) is 3.82. The summed E-state index contributed by atoms with van der Waals surface area (Å²) in [6.45, 7) is 2.35. The topological polar surface area (TPSA) is 87.4 Å². The molecule has 6 heteroatoms. The van der Waals surface area contributed by atoms with Gasteiger partial charge in [0.05, 0.1) is 6.10 Å². The Hall–Kier alpha value is -2.08. The number of hydrogen-bond donors (Lipinski definition) is 3. The number of nitrogens with one attached hydrogen (secondary N) is 2. The number of amides is 2. The molecule has 2 aromatic rings. The molecule has 1 atom stereocenters. The van der Waals surface area contributed by atoms with Gasteiger partial charge in [-0.05, 0) is 43.9 Å². The van der Waals surface area contributed by atoms with Gasteiger partial charge in [0.25, 0.3) is 0 Å². The van der Waals surface area contributed by atoms with E-state index in [9.17, 15) is 9.90 Å². The Bertz CT molecular complexity index is 664. The van der Waals surface area contributed by atoms with Gasteiger partial charge in [-0.1, -0.05) is 6.92 Å². The van der Waals surface area contributed by atoms with Crippen LogP contribution in [0.25, 0.3) is 11.1 Å². The van der Waals surface area contributed by atoms with Gasteiger partial charge in [0.2, 0.25) is 0 Å². The number of oxazole rings is 1. The molecule has 1 heterocycles. The molecule has 2 amide bonds. The monoisotopic (exact) mass is 303 g/mol. The quantitative estimate of drug-likeness (QED) is 0.765. The van der Waals surface area contributed by atoms with Crippen molar-refractivity contribution < 1.29 is 14.3 Å². The molecule has 3 rings (SSSR count). The lowest BCUT2D eigenvalue weighted by Crippen LogP contribution is -2.31. The second-order valence-corrected chi connectivity index (χ2v) is 5.74. The van der Waals surface area contributed by atoms with E-state index in [2.05, 4.69) is 15.6 Å². The first kappa shape index (κ1) is 14.8. The van der Waals surface area contributed by atoms with Crippen LogP contribution in [0.1, 0.15) is 44.4 Å². The van der Waals surface area contributed by atoms with Crippen molar-refractivity contribution in [2.24, 2.45) is 0 Å². The Kier molecular flexibility index (Phi) is 4.29. The second kappa shape index (κ2) is 6.36. The number of rotatable bonds is 6. The van der Waals surface area contributed by atoms with Crippen molar-refractivity contribution in [3.05, 3.63) is 24.1 Å². The lowest BCUT2D eigenvalue weighted by atomic mass is 10.2. The van der Waals surface area contributed by atoms with Crippen LogP contribution in [0.15, 0.2) is 22.6 Å². The van der Waals surface area contributed by atoms with E-state index < -0.39 is 0 Å². The zero-order valence-corrected chi connectivity index (χ0v) is 12.6. The van der Waals surface area contributed by atoms with Crippen molar-refractivity contribution in [2.75, 3.05) is 11.9 Å². The van der Waals surface area contributed by atoms with Crippen LogP contribution in [0.3, 0.4) is 0 Å². The highest BCUT2D eigenvalue weighted by atomic mass is 16.3. The van der Waals surface area contributed by atoms with Crippen molar-refractivity contribution in [1.29, 1.82) is 0 Å². The number of carbonyl (C=O) groups is 1. The van der Waals surface area contributed by atoms with Crippen LogP contribution in [-0.4, -0.2) is 28.8 Å².